The van der Waals surface area contributed by atoms with Crippen LogP contribution in [-0.4, -0.2) is 30.4 Å². The maximum atomic E-state index is 12.7. The Morgan fingerprint density at radius 2 is 1.96 bits per heavy atom. The van der Waals surface area contributed by atoms with Crippen LogP contribution in [0.4, 0.5) is 5.69 Å². The predicted molar refractivity (Wildman–Crippen MR) is 112 cm³/mol. The number of benzene rings is 1. The minimum Gasteiger partial charge on any atom is -0.352 e. The van der Waals surface area contributed by atoms with Crippen LogP contribution in [0.15, 0.2) is 18.2 Å². The summed E-state index contributed by atoms with van der Waals surface area (Å²) in [6, 6.07) is 5.86. The first-order chi connectivity index (χ1) is 12.4. The van der Waals surface area contributed by atoms with Crippen molar-refractivity contribution in [2.75, 3.05) is 11.9 Å². The molecule has 0 aromatic heterocycles. The van der Waals surface area contributed by atoms with Gasteiger partial charge in [0.2, 0.25) is 5.91 Å². The van der Waals surface area contributed by atoms with Crippen LogP contribution in [0.2, 0.25) is 0 Å². The monoisotopic (exact) mass is 393 g/mol. The lowest BCUT2D eigenvalue weighted by molar-refractivity contribution is -0.117. The van der Waals surface area contributed by atoms with Gasteiger partial charge in [-0.05, 0) is 61.8 Å². The first-order valence-corrected chi connectivity index (χ1v) is 9.90. The van der Waals surface area contributed by atoms with Gasteiger partial charge in [-0.1, -0.05) is 26.7 Å². The average molecular weight is 394 g/mol. The maximum Gasteiger partial charge on any atom is 0.251 e. The number of hydrogen-bond acceptors (Lipinski definition) is 3. The van der Waals surface area contributed by atoms with E-state index < -0.39 is 0 Å². The summed E-state index contributed by atoms with van der Waals surface area (Å²) >= 11 is 0. The van der Waals surface area contributed by atoms with Gasteiger partial charge in [-0.2, -0.15) is 0 Å². The molecule has 6 heteroatoms. The molecule has 2 aliphatic rings. The van der Waals surface area contributed by atoms with Crippen LogP contribution in [0.5, 0.6) is 0 Å². The normalized spacial score (nSPS) is 24.1. The van der Waals surface area contributed by atoms with Crippen LogP contribution in [-0.2, 0) is 4.79 Å². The van der Waals surface area contributed by atoms with Crippen LogP contribution in [0.3, 0.4) is 0 Å². The summed E-state index contributed by atoms with van der Waals surface area (Å²) in [6.07, 6.45) is 5.91. The molecule has 3 atom stereocenters. The second-order valence-electron chi connectivity index (χ2n) is 8.23. The third-order valence-corrected chi connectivity index (χ3v) is 5.60. The highest BCUT2D eigenvalue weighted by Crippen LogP contribution is 2.33. The summed E-state index contributed by atoms with van der Waals surface area (Å²) in [5, 5.41) is 9.48. The molecule has 3 rings (SSSR count). The number of fused-ring (bicyclic) bond motifs is 1. The van der Waals surface area contributed by atoms with Gasteiger partial charge in [0.05, 0.1) is 6.04 Å². The Morgan fingerprint density at radius 1 is 1.22 bits per heavy atom. The highest BCUT2D eigenvalue weighted by molar-refractivity contribution is 5.98. The minimum absolute atomic E-state index is 0. The van der Waals surface area contributed by atoms with Gasteiger partial charge < -0.3 is 16.0 Å². The predicted octanol–water partition coefficient (Wildman–Crippen LogP) is 3.66. The van der Waals surface area contributed by atoms with E-state index in [4.69, 9.17) is 0 Å². The fraction of sp³-hybridized carbons (Fsp3) is 0.619. The van der Waals surface area contributed by atoms with Crippen molar-refractivity contribution in [2.45, 2.75) is 65.0 Å². The van der Waals surface area contributed by atoms with Gasteiger partial charge in [0, 0.05) is 23.8 Å². The molecule has 5 nitrogen and oxygen atoms in total. The maximum absolute atomic E-state index is 12.7. The molecular formula is C21H32ClN3O2. The molecule has 0 spiro atoms. The highest BCUT2D eigenvalue weighted by Gasteiger charge is 2.38. The number of carbonyl (C=O) groups is 2. The van der Waals surface area contributed by atoms with E-state index in [2.05, 4.69) is 29.8 Å². The average Bonchev–Trinajstić information content (AvgIpc) is 3.05. The van der Waals surface area contributed by atoms with Crippen LogP contribution in [0.1, 0.15) is 61.9 Å². The van der Waals surface area contributed by atoms with Crippen molar-refractivity contribution < 1.29 is 9.59 Å². The Balaban J connectivity index is 0.00000261. The molecule has 2 fully saturated rings. The SMILES string of the molecule is Cc1cc(C(=O)NCC(C)C)ccc1NC(=O)C1CC2CCCCC2N1.Cl. The summed E-state index contributed by atoms with van der Waals surface area (Å²) in [4.78, 5) is 24.8. The van der Waals surface area contributed by atoms with Gasteiger partial charge in [0.25, 0.3) is 5.91 Å². The van der Waals surface area contributed by atoms with Crippen molar-refractivity contribution in [1.82, 2.24) is 10.6 Å². The molecule has 0 radical (unpaired) electrons. The Morgan fingerprint density at radius 3 is 2.63 bits per heavy atom. The smallest absolute Gasteiger partial charge is 0.251 e. The molecule has 1 aromatic carbocycles. The van der Waals surface area contributed by atoms with E-state index in [-0.39, 0.29) is 30.3 Å². The van der Waals surface area contributed by atoms with Crippen molar-refractivity contribution in [2.24, 2.45) is 11.8 Å². The second kappa shape index (κ2) is 9.56. The lowest BCUT2D eigenvalue weighted by Crippen LogP contribution is -2.40. The molecule has 2 amide bonds. The summed E-state index contributed by atoms with van der Waals surface area (Å²) < 4.78 is 0. The summed E-state index contributed by atoms with van der Waals surface area (Å²) in [5.74, 6) is 1.04. The third kappa shape index (κ3) is 5.45. The number of carbonyl (C=O) groups excluding carboxylic acids is 2. The Kier molecular flexibility index (Phi) is 7.68. The van der Waals surface area contributed by atoms with Crippen LogP contribution in [0, 0.1) is 18.8 Å². The molecule has 1 aromatic rings. The molecule has 3 N–H and O–H groups in total. The number of rotatable bonds is 5. The first-order valence-electron chi connectivity index (χ1n) is 9.90. The topological polar surface area (TPSA) is 70.2 Å². The van der Waals surface area contributed by atoms with Gasteiger partial charge >= 0.3 is 0 Å². The lowest BCUT2D eigenvalue weighted by Gasteiger charge is -2.24. The molecule has 1 aliphatic carbocycles. The molecule has 27 heavy (non-hydrogen) atoms. The molecule has 1 saturated heterocycles. The van der Waals surface area contributed by atoms with Crippen molar-refractivity contribution in [3.63, 3.8) is 0 Å². The van der Waals surface area contributed by atoms with Crippen molar-refractivity contribution >= 4 is 29.9 Å². The van der Waals surface area contributed by atoms with Gasteiger partial charge in [-0.3, -0.25) is 9.59 Å². The Labute approximate surface area is 168 Å². The van der Waals surface area contributed by atoms with Gasteiger partial charge in [-0.15, -0.1) is 12.4 Å². The van der Waals surface area contributed by atoms with Gasteiger partial charge in [0.1, 0.15) is 0 Å². The Bertz CT molecular complexity index is 663. The zero-order chi connectivity index (χ0) is 18.7. The van der Waals surface area contributed by atoms with Crippen LogP contribution in [0.25, 0.3) is 0 Å². The summed E-state index contributed by atoms with van der Waals surface area (Å²) in [6.45, 7) is 6.72. The summed E-state index contributed by atoms with van der Waals surface area (Å²) in [7, 11) is 0. The van der Waals surface area contributed by atoms with E-state index in [0.717, 1.165) is 17.7 Å². The number of hydrogen-bond donors (Lipinski definition) is 3. The molecule has 0 bridgehead atoms. The fourth-order valence-corrected chi connectivity index (χ4v) is 4.09. The Hall–Kier alpha value is -1.59. The fourth-order valence-electron chi connectivity index (χ4n) is 4.09. The van der Waals surface area contributed by atoms with Crippen molar-refractivity contribution in [3.05, 3.63) is 29.3 Å². The van der Waals surface area contributed by atoms with E-state index in [1.54, 1.807) is 6.07 Å². The number of amides is 2. The zero-order valence-corrected chi connectivity index (χ0v) is 17.3. The second-order valence-corrected chi connectivity index (χ2v) is 8.23. The molecule has 3 unspecified atom stereocenters. The zero-order valence-electron chi connectivity index (χ0n) is 16.5. The minimum atomic E-state index is -0.100. The van der Waals surface area contributed by atoms with E-state index in [1.807, 2.05) is 19.1 Å². The van der Waals surface area contributed by atoms with Crippen molar-refractivity contribution in [1.29, 1.82) is 0 Å². The van der Waals surface area contributed by atoms with Gasteiger partial charge in [0.15, 0.2) is 0 Å². The number of halogens is 1. The van der Waals surface area contributed by atoms with E-state index in [0.29, 0.717) is 30.0 Å². The van der Waals surface area contributed by atoms with E-state index in [1.165, 1.54) is 25.7 Å². The van der Waals surface area contributed by atoms with Gasteiger partial charge in [-0.25, -0.2) is 0 Å². The number of aryl methyl sites for hydroxylation is 1. The molecular weight excluding hydrogens is 362 g/mol. The first kappa shape index (κ1) is 21.7. The lowest BCUT2D eigenvalue weighted by atomic mass is 9.85. The summed E-state index contributed by atoms with van der Waals surface area (Å²) in [5.41, 5.74) is 2.32. The van der Waals surface area contributed by atoms with E-state index in [9.17, 15) is 9.59 Å². The molecule has 150 valence electrons. The van der Waals surface area contributed by atoms with E-state index >= 15 is 0 Å². The number of anilines is 1. The third-order valence-electron chi connectivity index (χ3n) is 5.60. The largest absolute Gasteiger partial charge is 0.352 e. The quantitative estimate of drug-likeness (QED) is 0.714. The molecule has 1 aliphatic heterocycles. The number of nitrogens with one attached hydrogen (secondary N) is 3. The molecule has 1 saturated carbocycles. The van der Waals surface area contributed by atoms with Crippen LogP contribution < -0.4 is 16.0 Å². The molecule has 1 heterocycles. The standard InChI is InChI=1S/C21H31N3O2.ClH/c1-13(2)12-22-20(25)16-8-9-17(14(3)10-16)24-21(26)19-11-15-6-4-5-7-18(15)23-19;/h8-10,13,15,18-19,23H,4-7,11-12H2,1-3H3,(H,22,25)(H,24,26);1H. The van der Waals surface area contributed by atoms with Crippen molar-refractivity contribution in [3.8, 4) is 0 Å². The highest BCUT2D eigenvalue weighted by atomic mass is 35.5. The van der Waals surface area contributed by atoms with Crippen LogP contribution >= 0.6 is 12.4 Å².